The summed E-state index contributed by atoms with van der Waals surface area (Å²) in [6.45, 7) is 9.12. The van der Waals surface area contributed by atoms with Crippen LogP contribution in [0.2, 0.25) is 0 Å². The Morgan fingerprint density at radius 3 is 2.86 bits per heavy atom. The van der Waals surface area contributed by atoms with Crippen LogP contribution < -0.4 is 11.3 Å². The van der Waals surface area contributed by atoms with Crippen LogP contribution in [0.3, 0.4) is 0 Å². The van der Waals surface area contributed by atoms with Gasteiger partial charge in [-0.15, -0.1) is 0 Å². The fourth-order valence-electron chi connectivity index (χ4n) is 1.96. The molecule has 2 unspecified atom stereocenters. The Labute approximate surface area is 86.7 Å². The van der Waals surface area contributed by atoms with E-state index in [9.17, 15) is 0 Å². The third-order valence-electron chi connectivity index (χ3n) is 3.18. The third-order valence-corrected chi connectivity index (χ3v) is 3.18. The second-order valence-corrected chi connectivity index (χ2v) is 4.29. The monoisotopic (exact) mass is 198 g/mol. The van der Waals surface area contributed by atoms with Gasteiger partial charge in [-0.1, -0.05) is 19.1 Å². The number of hydrazine groups is 1. The molecule has 0 aromatic rings. The van der Waals surface area contributed by atoms with Crippen molar-refractivity contribution in [2.24, 2.45) is 5.84 Å². The van der Waals surface area contributed by atoms with E-state index in [4.69, 9.17) is 10.6 Å². The molecular weight excluding hydrogens is 176 g/mol. The minimum Gasteiger partial charge on any atom is -0.374 e. The quantitative estimate of drug-likeness (QED) is 0.402. The summed E-state index contributed by atoms with van der Waals surface area (Å²) in [5.41, 5.74) is 3.99. The Balaban J connectivity index is 2.56. The minimum atomic E-state index is -0.104. The van der Waals surface area contributed by atoms with E-state index in [1.165, 1.54) is 5.57 Å². The summed E-state index contributed by atoms with van der Waals surface area (Å²) in [7, 11) is 0. The summed E-state index contributed by atoms with van der Waals surface area (Å²) >= 11 is 0. The third kappa shape index (κ3) is 2.56. The standard InChI is InChI=1S/C11H22N2O/c1-4-9(2)8-10(13-12)11(3)6-5-7-14-11/h10,13H,2,4-8,12H2,1,3H3. The van der Waals surface area contributed by atoms with Crippen LogP contribution in [0.4, 0.5) is 0 Å². The molecule has 1 rings (SSSR count). The van der Waals surface area contributed by atoms with Crippen LogP contribution >= 0.6 is 0 Å². The zero-order valence-corrected chi connectivity index (χ0v) is 9.31. The van der Waals surface area contributed by atoms with Crippen molar-refractivity contribution >= 4 is 0 Å². The Kier molecular flexibility index (Phi) is 4.11. The molecule has 0 saturated carbocycles. The lowest BCUT2D eigenvalue weighted by Crippen LogP contribution is -2.51. The summed E-state index contributed by atoms with van der Waals surface area (Å²) in [4.78, 5) is 0. The van der Waals surface area contributed by atoms with E-state index in [1.54, 1.807) is 0 Å². The number of nitrogens with one attached hydrogen (secondary N) is 1. The van der Waals surface area contributed by atoms with Gasteiger partial charge in [-0.2, -0.15) is 0 Å². The number of nitrogens with two attached hydrogens (primary N) is 1. The molecule has 0 amide bonds. The summed E-state index contributed by atoms with van der Waals surface area (Å²) < 4.78 is 5.76. The molecule has 3 heteroatoms. The molecule has 0 bridgehead atoms. The van der Waals surface area contributed by atoms with E-state index >= 15 is 0 Å². The van der Waals surface area contributed by atoms with E-state index in [-0.39, 0.29) is 11.6 Å². The fourth-order valence-corrected chi connectivity index (χ4v) is 1.96. The van der Waals surface area contributed by atoms with Gasteiger partial charge in [-0.3, -0.25) is 11.3 Å². The van der Waals surface area contributed by atoms with Crippen LogP contribution in [0.5, 0.6) is 0 Å². The predicted molar refractivity (Wildman–Crippen MR) is 58.8 cm³/mol. The van der Waals surface area contributed by atoms with E-state index in [0.717, 1.165) is 32.3 Å². The summed E-state index contributed by atoms with van der Waals surface area (Å²) in [6.07, 6.45) is 4.13. The van der Waals surface area contributed by atoms with E-state index in [2.05, 4.69) is 25.9 Å². The largest absolute Gasteiger partial charge is 0.374 e. The topological polar surface area (TPSA) is 47.3 Å². The average Bonchev–Trinajstić information content (AvgIpc) is 2.62. The lowest BCUT2D eigenvalue weighted by molar-refractivity contribution is -0.0116. The lowest BCUT2D eigenvalue weighted by atomic mass is 9.88. The van der Waals surface area contributed by atoms with Gasteiger partial charge in [-0.25, -0.2) is 0 Å². The van der Waals surface area contributed by atoms with Crippen molar-refractivity contribution in [1.82, 2.24) is 5.43 Å². The smallest absolute Gasteiger partial charge is 0.0824 e. The number of ether oxygens (including phenoxy) is 1. The molecule has 0 aromatic heterocycles. The highest BCUT2D eigenvalue weighted by atomic mass is 16.5. The number of hydrogen-bond donors (Lipinski definition) is 2. The van der Waals surface area contributed by atoms with Crippen molar-refractivity contribution in [2.45, 2.75) is 51.2 Å². The minimum absolute atomic E-state index is 0.104. The Morgan fingerprint density at radius 1 is 1.71 bits per heavy atom. The van der Waals surface area contributed by atoms with E-state index in [0.29, 0.717) is 0 Å². The molecule has 0 aliphatic carbocycles. The van der Waals surface area contributed by atoms with Crippen molar-refractivity contribution in [2.75, 3.05) is 6.61 Å². The van der Waals surface area contributed by atoms with Gasteiger partial charge >= 0.3 is 0 Å². The zero-order chi connectivity index (χ0) is 10.6. The Hall–Kier alpha value is -0.380. The highest BCUT2D eigenvalue weighted by Gasteiger charge is 2.37. The zero-order valence-electron chi connectivity index (χ0n) is 9.31. The molecule has 1 fully saturated rings. The predicted octanol–water partition coefficient (Wildman–Crippen LogP) is 1.74. The highest BCUT2D eigenvalue weighted by molar-refractivity contribution is 5.03. The molecule has 0 spiro atoms. The van der Waals surface area contributed by atoms with Crippen molar-refractivity contribution in [3.8, 4) is 0 Å². The molecule has 1 aliphatic rings. The maximum atomic E-state index is 5.76. The first kappa shape index (κ1) is 11.7. The van der Waals surface area contributed by atoms with Crippen LogP contribution in [-0.2, 0) is 4.74 Å². The van der Waals surface area contributed by atoms with Crippen LogP contribution in [0, 0.1) is 0 Å². The molecule has 0 radical (unpaired) electrons. The van der Waals surface area contributed by atoms with Gasteiger partial charge in [0.05, 0.1) is 11.6 Å². The number of rotatable bonds is 5. The summed E-state index contributed by atoms with van der Waals surface area (Å²) in [6, 6.07) is 0.192. The maximum Gasteiger partial charge on any atom is 0.0824 e. The highest BCUT2D eigenvalue weighted by Crippen LogP contribution is 2.31. The fraction of sp³-hybridized carbons (Fsp3) is 0.818. The molecular formula is C11H22N2O. The van der Waals surface area contributed by atoms with E-state index < -0.39 is 0 Å². The Bertz CT molecular complexity index is 197. The summed E-state index contributed by atoms with van der Waals surface area (Å²) in [5.74, 6) is 5.57. The van der Waals surface area contributed by atoms with Crippen molar-refractivity contribution in [3.05, 3.63) is 12.2 Å². The van der Waals surface area contributed by atoms with Gasteiger partial charge in [0.25, 0.3) is 0 Å². The maximum absolute atomic E-state index is 5.76. The van der Waals surface area contributed by atoms with Gasteiger partial charge in [0.15, 0.2) is 0 Å². The van der Waals surface area contributed by atoms with Crippen LogP contribution in [0.15, 0.2) is 12.2 Å². The first-order valence-corrected chi connectivity index (χ1v) is 5.39. The molecule has 14 heavy (non-hydrogen) atoms. The second kappa shape index (κ2) is 4.91. The van der Waals surface area contributed by atoms with Gasteiger partial charge in [0, 0.05) is 6.61 Å². The first-order valence-electron chi connectivity index (χ1n) is 5.39. The normalized spacial score (nSPS) is 29.1. The van der Waals surface area contributed by atoms with E-state index in [1.807, 2.05) is 0 Å². The second-order valence-electron chi connectivity index (χ2n) is 4.29. The Morgan fingerprint density at radius 2 is 2.43 bits per heavy atom. The van der Waals surface area contributed by atoms with Crippen LogP contribution in [0.25, 0.3) is 0 Å². The first-order chi connectivity index (χ1) is 6.62. The molecule has 3 nitrogen and oxygen atoms in total. The van der Waals surface area contributed by atoms with Crippen molar-refractivity contribution in [3.63, 3.8) is 0 Å². The average molecular weight is 198 g/mol. The van der Waals surface area contributed by atoms with Crippen molar-refractivity contribution in [1.29, 1.82) is 0 Å². The van der Waals surface area contributed by atoms with Crippen LogP contribution in [-0.4, -0.2) is 18.2 Å². The molecule has 1 aliphatic heterocycles. The molecule has 1 saturated heterocycles. The lowest BCUT2D eigenvalue weighted by Gasteiger charge is -2.33. The van der Waals surface area contributed by atoms with Gasteiger partial charge < -0.3 is 4.74 Å². The van der Waals surface area contributed by atoms with Gasteiger partial charge in [0.2, 0.25) is 0 Å². The number of hydrogen-bond acceptors (Lipinski definition) is 3. The van der Waals surface area contributed by atoms with Crippen molar-refractivity contribution < 1.29 is 4.74 Å². The van der Waals surface area contributed by atoms with Gasteiger partial charge in [-0.05, 0) is 32.6 Å². The SMILES string of the molecule is C=C(CC)CC(NN)C1(C)CCCO1. The summed E-state index contributed by atoms with van der Waals surface area (Å²) in [5, 5.41) is 0. The van der Waals surface area contributed by atoms with Crippen LogP contribution in [0.1, 0.15) is 39.5 Å². The van der Waals surface area contributed by atoms with Gasteiger partial charge in [0.1, 0.15) is 0 Å². The molecule has 0 aromatic carbocycles. The molecule has 3 N–H and O–H groups in total. The molecule has 82 valence electrons. The molecule has 2 atom stereocenters. The molecule has 1 heterocycles.